The molecule has 1 aromatic carbocycles. The molecule has 110 valence electrons. The van der Waals surface area contributed by atoms with Crippen molar-refractivity contribution in [3.8, 4) is 0 Å². The van der Waals surface area contributed by atoms with Gasteiger partial charge in [0.05, 0.1) is 0 Å². The Bertz CT molecular complexity index is 469. The first-order chi connectivity index (χ1) is 9.47. The van der Waals surface area contributed by atoms with Gasteiger partial charge in [-0.1, -0.05) is 6.92 Å². The van der Waals surface area contributed by atoms with Crippen LogP contribution >= 0.6 is 0 Å². The predicted molar refractivity (Wildman–Crippen MR) is 76.5 cm³/mol. The normalized spacial score (nSPS) is 19.6. The van der Waals surface area contributed by atoms with Gasteiger partial charge in [0.1, 0.15) is 11.4 Å². The molecule has 0 aromatic heterocycles. The molecule has 1 aliphatic rings. The van der Waals surface area contributed by atoms with Crippen LogP contribution in [-0.2, 0) is 4.79 Å². The highest BCUT2D eigenvalue weighted by atomic mass is 19.1. The third-order valence-corrected chi connectivity index (χ3v) is 4.32. The van der Waals surface area contributed by atoms with Gasteiger partial charge in [-0.25, -0.2) is 4.39 Å². The Hall–Kier alpha value is -1.62. The highest BCUT2D eigenvalue weighted by molar-refractivity contribution is 5.78. The number of carboxylic acids is 1. The van der Waals surface area contributed by atoms with Crippen LogP contribution in [0.3, 0.4) is 0 Å². The Morgan fingerprint density at radius 2 is 1.80 bits per heavy atom. The van der Waals surface area contributed by atoms with E-state index in [1.54, 1.807) is 19.1 Å². The number of carbonyl (C=O) groups is 1. The Morgan fingerprint density at radius 1 is 1.25 bits per heavy atom. The maximum absolute atomic E-state index is 12.9. The first kappa shape index (κ1) is 14.8. The van der Waals surface area contributed by atoms with E-state index in [1.807, 2.05) is 11.8 Å². The maximum atomic E-state index is 12.9. The lowest BCUT2D eigenvalue weighted by Crippen LogP contribution is -2.59. The average molecular weight is 280 g/mol. The fourth-order valence-electron chi connectivity index (χ4n) is 2.62. The summed E-state index contributed by atoms with van der Waals surface area (Å²) in [4.78, 5) is 15.6. The molecule has 0 aliphatic carbocycles. The molecule has 20 heavy (non-hydrogen) atoms. The minimum Gasteiger partial charge on any atom is -0.480 e. The monoisotopic (exact) mass is 280 g/mol. The summed E-state index contributed by atoms with van der Waals surface area (Å²) in [7, 11) is 0. The van der Waals surface area contributed by atoms with Crippen LogP contribution in [0, 0.1) is 5.82 Å². The lowest BCUT2D eigenvalue weighted by molar-refractivity contribution is -0.151. The van der Waals surface area contributed by atoms with Crippen molar-refractivity contribution in [3.05, 3.63) is 30.1 Å². The zero-order valence-electron chi connectivity index (χ0n) is 12.0. The number of piperazine rings is 1. The Labute approximate surface area is 118 Å². The van der Waals surface area contributed by atoms with Gasteiger partial charge in [-0.05, 0) is 37.6 Å². The SMILES string of the molecule is CCC(C)(C(=O)O)N1CCN(c2ccc(F)cc2)CC1. The second kappa shape index (κ2) is 5.79. The van der Waals surface area contributed by atoms with Crippen LogP contribution < -0.4 is 4.90 Å². The fourth-order valence-corrected chi connectivity index (χ4v) is 2.62. The Kier molecular flexibility index (Phi) is 4.28. The summed E-state index contributed by atoms with van der Waals surface area (Å²) < 4.78 is 12.9. The molecule has 1 atom stereocenters. The van der Waals surface area contributed by atoms with Gasteiger partial charge in [0.25, 0.3) is 0 Å². The smallest absolute Gasteiger partial charge is 0.323 e. The number of carboxylic acid groups (broad SMARTS) is 1. The average Bonchev–Trinajstić information content (AvgIpc) is 2.47. The Morgan fingerprint density at radius 3 is 2.25 bits per heavy atom. The maximum Gasteiger partial charge on any atom is 0.323 e. The highest BCUT2D eigenvalue weighted by Gasteiger charge is 2.39. The number of hydrogen-bond acceptors (Lipinski definition) is 3. The molecule has 0 saturated carbocycles. The van der Waals surface area contributed by atoms with Gasteiger partial charge in [-0.3, -0.25) is 9.69 Å². The summed E-state index contributed by atoms with van der Waals surface area (Å²) in [5.41, 5.74) is 0.189. The number of benzene rings is 1. The summed E-state index contributed by atoms with van der Waals surface area (Å²) in [6.45, 7) is 6.61. The summed E-state index contributed by atoms with van der Waals surface area (Å²) in [6.07, 6.45) is 0.582. The van der Waals surface area contributed by atoms with E-state index >= 15 is 0 Å². The molecule has 1 aromatic rings. The first-order valence-electron chi connectivity index (χ1n) is 6.96. The van der Waals surface area contributed by atoms with Gasteiger partial charge in [0.15, 0.2) is 0 Å². The van der Waals surface area contributed by atoms with Crippen LogP contribution in [0.1, 0.15) is 20.3 Å². The second-order valence-corrected chi connectivity index (χ2v) is 5.38. The highest BCUT2D eigenvalue weighted by Crippen LogP contribution is 2.24. The summed E-state index contributed by atoms with van der Waals surface area (Å²) >= 11 is 0. The molecular formula is C15H21FN2O2. The molecule has 2 rings (SSSR count). The van der Waals surface area contributed by atoms with Crippen LogP contribution in [0.25, 0.3) is 0 Å². The van der Waals surface area contributed by atoms with E-state index in [0.29, 0.717) is 19.5 Å². The molecular weight excluding hydrogens is 259 g/mol. The molecule has 1 unspecified atom stereocenters. The van der Waals surface area contributed by atoms with E-state index in [1.165, 1.54) is 12.1 Å². The number of nitrogens with zero attached hydrogens (tertiary/aromatic N) is 2. The molecule has 0 spiro atoms. The minimum absolute atomic E-state index is 0.239. The van der Waals surface area contributed by atoms with Crippen LogP contribution in [-0.4, -0.2) is 47.7 Å². The van der Waals surface area contributed by atoms with E-state index in [0.717, 1.165) is 18.8 Å². The van der Waals surface area contributed by atoms with E-state index in [2.05, 4.69) is 4.90 Å². The molecule has 1 saturated heterocycles. The van der Waals surface area contributed by atoms with E-state index in [-0.39, 0.29) is 5.82 Å². The van der Waals surface area contributed by atoms with Gasteiger partial charge in [0.2, 0.25) is 0 Å². The molecule has 1 aliphatic heterocycles. The number of rotatable bonds is 4. The van der Waals surface area contributed by atoms with Crippen LogP contribution in [0.4, 0.5) is 10.1 Å². The second-order valence-electron chi connectivity index (χ2n) is 5.38. The van der Waals surface area contributed by atoms with Crippen molar-refractivity contribution >= 4 is 11.7 Å². The molecule has 0 bridgehead atoms. The number of hydrogen-bond donors (Lipinski definition) is 1. The molecule has 1 fully saturated rings. The van der Waals surface area contributed by atoms with Crippen molar-refractivity contribution in [1.82, 2.24) is 4.90 Å². The Balaban J connectivity index is 2.02. The molecule has 5 heteroatoms. The van der Waals surface area contributed by atoms with Crippen molar-refractivity contribution in [2.75, 3.05) is 31.1 Å². The quantitative estimate of drug-likeness (QED) is 0.918. The zero-order chi connectivity index (χ0) is 14.8. The zero-order valence-corrected chi connectivity index (χ0v) is 12.0. The molecule has 1 heterocycles. The number of aliphatic carboxylic acids is 1. The third kappa shape index (κ3) is 2.77. The number of halogens is 1. The summed E-state index contributed by atoms with van der Waals surface area (Å²) in [6, 6.07) is 6.44. The topological polar surface area (TPSA) is 43.8 Å². The molecule has 1 N–H and O–H groups in total. The summed E-state index contributed by atoms with van der Waals surface area (Å²) in [5, 5.41) is 9.40. The third-order valence-electron chi connectivity index (χ3n) is 4.32. The van der Waals surface area contributed by atoms with E-state index in [4.69, 9.17) is 0 Å². The van der Waals surface area contributed by atoms with Gasteiger partial charge >= 0.3 is 5.97 Å². The van der Waals surface area contributed by atoms with Crippen molar-refractivity contribution in [2.24, 2.45) is 0 Å². The van der Waals surface area contributed by atoms with Crippen molar-refractivity contribution < 1.29 is 14.3 Å². The predicted octanol–water partition coefficient (Wildman–Crippen LogP) is 2.20. The van der Waals surface area contributed by atoms with Crippen LogP contribution in [0.15, 0.2) is 24.3 Å². The lowest BCUT2D eigenvalue weighted by Gasteiger charge is -2.43. The minimum atomic E-state index is -0.797. The fraction of sp³-hybridized carbons (Fsp3) is 0.533. The van der Waals surface area contributed by atoms with Gasteiger partial charge in [0, 0.05) is 31.9 Å². The van der Waals surface area contributed by atoms with E-state index < -0.39 is 11.5 Å². The molecule has 0 radical (unpaired) electrons. The summed E-state index contributed by atoms with van der Waals surface area (Å²) in [5.74, 6) is -1.01. The van der Waals surface area contributed by atoms with Gasteiger partial charge < -0.3 is 10.0 Å². The van der Waals surface area contributed by atoms with Crippen molar-refractivity contribution in [1.29, 1.82) is 0 Å². The standard InChI is InChI=1S/C15H21FN2O2/c1-3-15(2,14(19)20)18-10-8-17(9-11-18)13-6-4-12(16)5-7-13/h4-7H,3,8-11H2,1-2H3,(H,19,20). The first-order valence-corrected chi connectivity index (χ1v) is 6.96. The molecule has 0 amide bonds. The van der Waals surface area contributed by atoms with E-state index in [9.17, 15) is 14.3 Å². The van der Waals surface area contributed by atoms with Crippen molar-refractivity contribution in [2.45, 2.75) is 25.8 Å². The largest absolute Gasteiger partial charge is 0.480 e. The molecule has 4 nitrogen and oxygen atoms in total. The van der Waals surface area contributed by atoms with Crippen LogP contribution in [0.2, 0.25) is 0 Å². The number of anilines is 1. The van der Waals surface area contributed by atoms with Crippen molar-refractivity contribution in [3.63, 3.8) is 0 Å². The lowest BCUT2D eigenvalue weighted by atomic mass is 9.95. The van der Waals surface area contributed by atoms with Gasteiger partial charge in [-0.2, -0.15) is 0 Å². The van der Waals surface area contributed by atoms with Crippen LogP contribution in [0.5, 0.6) is 0 Å². The van der Waals surface area contributed by atoms with Gasteiger partial charge in [-0.15, -0.1) is 0 Å².